The molecule has 0 aliphatic rings. The van der Waals surface area contributed by atoms with Gasteiger partial charge >= 0.3 is 0 Å². The SMILES string of the molecule is COc1ccc(-c2noc(-c3ccc(OCC(=O)Nc4ccc(Cl)cc4F)cc3)n2)cc1. The summed E-state index contributed by atoms with van der Waals surface area (Å²) in [6.45, 7) is -0.288. The quantitative estimate of drug-likeness (QED) is 0.412. The lowest BCUT2D eigenvalue weighted by molar-refractivity contribution is -0.118. The van der Waals surface area contributed by atoms with Crippen LogP contribution in [-0.2, 0) is 4.79 Å². The van der Waals surface area contributed by atoms with Crippen LogP contribution in [0.5, 0.6) is 11.5 Å². The second kappa shape index (κ2) is 9.49. The average molecular weight is 454 g/mol. The van der Waals surface area contributed by atoms with Crippen molar-refractivity contribution < 1.29 is 23.2 Å². The molecule has 0 atom stereocenters. The Balaban J connectivity index is 1.36. The molecule has 0 spiro atoms. The van der Waals surface area contributed by atoms with Crippen LogP contribution in [-0.4, -0.2) is 29.8 Å². The Hall–Kier alpha value is -3.91. The van der Waals surface area contributed by atoms with E-state index in [0.29, 0.717) is 23.0 Å². The summed E-state index contributed by atoms with van der Waals surface area (Å²) in [5, 5.41) is 6.68. The summed E-state index contributed by atoms with van der Waals surface area (Å²) in [5.74, 6) is 0.864. The van der Waals surface area contributed by atoms with E-state index in [9.17, 15) is 9.18 Å². The van der Waals surface area contributed by atoms with Crippen molar-refractivity contribution in [3.05, 3.63) is 77.6 Å². The minimum atomic E-state index is -0.622. The van der Waals surface area contributed by atoms with Crippen LogP contribution in [0.1, 0.15) is 0 Å². The largest absolute Gasteiger partial charge is 0.497 e. The first kappa shape index (κ1) is 21.3. The van der Waals surface area contributed by atoms with Gasteiger partial charge in [-0.05, 0) is 66.7 Å². The van der Waals surface area contributed by atoms with Crippen molar-refractivity contribution in [2.45, 2.75) is 0 Å². The van der Waals surface area contributed by atoms with Crippen LogP contribution in [0.15, 0.2) is 71.3 Å². The van der Waals surface area contributed by atoms with Gasteiger partial charge in [0.05, 0.1) is 12.8 Å². The molecule has 0 aliphatic carbocycles. The summed E-state index contributed by atoms with van der Waals surface area (Å²) in [6, 6.07) is 18.1. The van der Waals surface area contributed by atoms with Gasteiger partial charge in [-0.1, -0.05) is 16.8 Å². The van der Waals surface area contributed by atoms with Gasteiger partial charge in [0.2, 0.25) is 5.82 Å². The topological polar surface area (TPSA) is 86.5 Å². The molecule has 0 unspecified atom stereocenters. The molecule has 3 aromatic carbocycles. The number of halogens is 2. The van der Waals surface area contributed by atoms with E-state index in [1.54, 1.807) is 31.4 Å². The first-order chi connectivity index (χ1) is 15.5. The Morgan fingerprint density at radius 2 is 1.72 bits per heavy atom. The lowest BCUT2D eigenvalue weighted by Crippen LogP contribution is -2.20. The lowest BCUT2D eigenvalue weighted by Gasteiger charge is -2.08. The molecular weight excluding hydrogens is 437 g/mol. The molecule has 1 heterocycles. The highest BCUT2D eigenvalue weighted by molar-refractivity contribution is 6.30. The third-order valence-corrected chi connectivity index (χ3v) is 4.69. The number of carbonyl (C=O) groups excluding carboxylic acids is 1. The molecule has 0 aliphatic heterocycles. The summed E-state index contributed by atoms with van der Waals surface area (Å²) in [5.41, 5.74) is 1.52. The normalized spacial score (nSPS) is 10.6. The number of benzene rings is 3. The minimum Gasteiger partial charge on any atom is -0.497 e. The average Bonchev–Trinajstić information content (AvgIpc) is 3.30. The van der Waals surface area contributed by atoms with Gasteiger partial charge < -0.3 is 19.3 Å². The fraction of sp³-hybridized carbons (Fsp3) is 0.0870. The summed E-state index contributed by atoms with van der Waals surface area (Å²) in [6.07, 6.45) is 0. The second-order valence-electron chi connectivity index (χ2n) is 6.64. The second-order valence-corrected chi connectivity index (χ2v) is 7.07. The lowest BCUT2D eigenvalue weighted by atomic mass is 10.2. The summed E-state index contributed by atoms with van der Waals surface area (Å²) in [4.78, 5) is 16.4. The number of ether oxygens (including phenoxy) is 2. The van der Waals surface area contributed by atoms with Crippen molar-refractivity contribution >= 4 is 23.2 Å². The molecule has 1 aromatic heterocycles. The van der Waals surface area contributed by atoms with E-state index >= 15 is 0 Å². The maximum atomic E-state index is 13.8. The highest BCUT2D eigenvalue weighted by Gasteiger charge is 2.12. The molecular formula is C23H17ClFN3O4. The smallest absolute Gasteiger partial charge is 0.262 e. The van der Waals surface area contributed by atoms with Crippen LogP contribution in [0.25, 0.3) is 22.8 Å². The first-order valence-electron chi connectivity index (χ1n) is 9.48. The van der Waals surface area contributed by atoms with Crippen LogP contribution in [0.3, 0.4) is 0 Å². The molecule has 0 saturated heterocycles. The fourth-order valence-corrected chi connectivity index (χ4v) is 2.98. The third-order valence-electron chi connectivity index (χ3n) is 4.45. The monoisotopic (exact) mass is 453 g/mol. The van der Waals surface area contributed by atoms with Gasteiger partial charge in [0.1, 0.15) is 17.3 Å². The van der Waals surface area contributed by atoms with Crippen LogP contribution in [0.4, 0.5) is 10.1 Å². The Morgan fingerprint density at radius 3 is 2.41 bits per heavy atom. The van der Waals surface area contributed by atoms with Gasteiger partial charge in [-0.15, -0.1) is 0 Å². The fourth-order valence-electron chi connectivity index (χ4n) is 2.82. The zero-order chi connectivity index (χ0) is 22.5. The summed E-state index contributed by atoms with van der Waals surface area (Å²) >= 11 is 5.70. The molecule has 7 nitrogen and oxygen atoms in total. The number of amides is 1. The molecule has 1 amide bonds. The number of hydrogen-bond acceptors (Lipinski definition) is 6. The predicted molar refractivity (Wildman–Crippen MR) is 117 cm³/mol. The number of aromatic nitrogens is 2. The van der Waals surface area contributed by atoms with E-state index in [0.717, 1.165) is 17.4 Å². The summed E-state index contributed by atoms with van der Waals surface area (Å²) in [7, 11) is 1.60. The Labute approximate surface area is 187 Å². The molecule has 0 fully saturated rings. The molecule has 0 bridgehead atoms. The number of rotatable bonds is 7. The van der Waals surface area contributed by atoms with E-state index in [4.69, 9.17) is 25.6 Å². The number of carbonyl (C=O) groups is 1. The highest BCUT2D eigenvalue weighted by Crippen LogP contribution is 2.25. The molecule has 0 saturated carbocycles. The van der Waals surface area contributed by atoms with Crippen molar-refractivity contribution in [2.24, 2.45) is 0 Å². The van der Waals surface area contributed by atoms with Crippen molar-refractivity contribution in [1.82, 2.24) is 10.1 Å². The minimum absolute atomic E-state index is 0.0300. The van der Waals surface area contributed by atoms with E-state index in [1.807, 2.05) is 24.3 Å². The van der Waals surface area contributed by atoms with Crippen molar-refractivity contribution in [3.8, 4) is 34.3 Å². The van der Waals surface area contributed by atoms with E-state index in [1.165, 1.54) is 12.1 Å². The van der Waals surface area contributed by atoms with Gasteiger partial charge in [-0.2, -0.15) is 4.98 Å². The van der Waals surface area contributed by atoms with Crippen molar-refractivity contribution in [2.75, 3.05) is 19.0 Å². The predicted octanol–water partition coefficient (Wildman–Crippen LogP) is 5.22. The zero-order valence-corrected chi connectivity index (χ0v) is 17.6. The highest BCUT2D eigenvalue weighted by atomic mass is 35.5. The number of methoxy groups -OCH3 is 1. The van der Waals surface area contributed by atoms with Crippen LogP contribution >= 0.6 is 11.6 Å². The van der Waals surface area contributed by atoms with Crippen LogP contribution in [0.2, 0.25) is 5.02 Å². The Bertz CT molecular complexity index is 1230. The van der Waals surface area contributed by atoms with E-state index in [2.05, 4.69) is 15.5 Å². The molecule has 4 aromatic rings. The van der Waals surface area contributed by atoms with E-state index in [-0.39, 0.29) is 17.3 Å². The van der Waals surface area contributed by atoms with Gasteiger partial charge in [0, 0.05) is 16.1 Å². The molecule has 4 rings (SSSR count). The molecule has 9 heteroatoms. The molecule has 1 N–H and O–H groups in total. The summed E-state index contributed by atoms with van der Waals surface area (Å²) < 4.78 is 29.7. The van der Waals surface area contributed by atoms with Gasteiger partial charge in [-0.3, -0.25) is 4.79 Å². The van der Waals surface area contributed by atoms with Gasteiger partial charge in [0.25, 0.3) is 11.8 Å². The van der Waals surface area contributed by atoms with Crippen LogP contribution < -0.4 is 14.8 Å². The molecule has 162 valence electrons. The molecule has 0 radical (unpaired) electrons. The Kier molecular flexibility index (Phi) is 6.32. The van der Waals surface area contributed by atoms with Gasteiger partial charge in [-0.25, -0.2) is 4.39 Å². The first-order valence-corrected chi connectivity index (χ1v) is 9.86. The van der Waals surface area contributed by atoms with Crippen LogP contribution in [0, 0.1) is 5.82 Å². The van der Waals surface area contributed by atoms with Gasteiger partial charge in [0.15, 0.2) is 6.61 Å². The maximum absolute atomic E-state index is 13.8. The van der Waals surface area contributed by atoms with E-state index < -0.39 is 11.7 Å². The third kappa shape index (κ3) is 5.04. The number of nitrogens with one attached hydrogen (secondary N) is 1. The Morgan fingerprint density at radius 1 is 1.03 bits per heavy atom. The maximum Gasteiger partial charge on any atom is 0.262 e. The van der Waals surface area contributed by atoms with Crippen molar-refractivity contribution in [1.29, 1.82) is 0 Å². The zero-order valence-electron chi connectivity index (χ0n) is 16.8. The number of hydrogen-bond donors (Lipinski definition) is 1. The standard InChI is InChI=1S/C23H17ClFN3O4/c1-30-17-7-2-14(3-8-17)22-27-23(32-28-22)15-4-9-18(10-5-15)31-13-21(29)26-20-11-6-16(24)12-19(20)25/h2-12H,13H2,1H3,(H,26,29). The van der Waals surface area contributed by atoms with Crippen molar-refractivity contribution in [3.63, 3.8) is 0 Å². The molecule has 32 heavy (non-hydrogen) atoms. The number of anilines is 1. The number of nitrogens with zero attached hydrogens (tertiary/aromatic N) is 2.